The third-order valence-corrected chi connectivity index (χ3v) is 6.38. The summed E-state index contributed by atoms with van der Waals surface area (Å²) in [5.41, 5.74) is 2.44. The molecule has 2 aromatic heterocycles. The largest absolute Gasteiger partial charge is 0.493 e. The van der Waals surface area contributed by atoms with Crippen molar-refractivity contribution in [3.8, 4) is 17.1 Å². The molecule has 2 aromatic carbocycles. The van der Waals surface area contributed by atoms with Crippen LogP contribution >= 0.6 is 15.9 Å². The minimum absolute atomic E-state index is 0.233. The Morgan fingerprint density at radius 3 is 2.84 bits per heavy atom. The number of aromatic amines is 1. The summed E-state index contributed by atoms with van der Waals surface area (Å²) in [5.74, 6) is 0.746. The van der Waals surface area contributed by atoms with E-state index in [4.69, 9.17) is 4.74 Å². The summed E-state index contributed by atoms with van der Waals surface area (Å²) in [7, 11) is 1.85. The molecule has 1 saturated carbocycles. The summed E-state index contributed by atoms with van der Waals surface area (Å²) in [5, 5.41) is 7.60. The van der Waals surface area contributed by atoms with Crippen LogP contribution in [0.2, 0.25) is 0 Å². The van der Waals surface area contributed by atoms with Gasteiger partial charge in [-0.2, -0.15) is 0 Å². The van der Waals surface area contributed by atoms with E-state index in [0.29, 0.717) is 22.9 Å². The zero-order chi connectivity index (χ0) is 22.2. The fourth-order valence-electron chi connectivity index (χ4n) is 3.84. The van der Waals surface area contributed by atoms with Gasteiger partial charge in [0, 0.05) is 28.5 Å². The van der Waals surface area contributed by atoms with Crippen molar-refractivity contribution < 1.29 is 14.1 Å². The molecule has 0 saturated heterocycles. The fourth-order valence-corrected chi connectivity index (χ4v) is 4.21. The second-order valence-corrected chi connectivity index (χ2v) is 8.92. The van der Waals surface area contributed by atoms with E-state index < -0.39 is 5.76 Å². The van der Waals surface area contributed by atoms with Crippen molar-refractivity contribution in [2.24, 2.45) is 13.0 Å². The van der Waals surface area contributed by atoms with Gasteiger partial charge < -0.3 is 14.6 Å². The number of hydrogen-bond acceptors (Lipinski definition) is 5. The Morgan fingerprint density at radius 1 is 1.28 bits per heavy atom. The van der Waals surface area contributed by atoms with Crippen LogP contribution in [0, 0.1) is 5.92 Å². The molecule has 0 aliphatic heterocycles. The number of benzene rings is 2. The molecule has 1 fully saturated rings. The molecule has 8 nitrogen and oxygen atoms in total. The quantitative estimate of drug-likeness (QED) is 0.402. The average molecular weight is 497 g/mol. The summed E-state index contributed by atoms with van der Waals surface area (Å²) >= 11 is 3.40. The number of carbonyl (C=O) groups excluding carboxylic acids is 1. The first-order chi connectivity index (χ1) is 15.5. The summed E-state index contributed by atoms with van der Waals surface area (Å²) in [6.07, 6.45) is 3.75. The lowest BCUT2D eigenvalue weighted by Crippen LogP contribution is -2.19. The average Bonchev–Trinajstić information content (AvgIpc) is 3.31. The van der Waals surface area contributed by atoms with Gasteiger partial charge in [-0.25, -0.2) is 4.79 Å². The van der Waals surface area contributed by atoms with Gasteiger partial charge in [-0.1, -0.05) is 27.5 Å². The van der Waals surface area contributed by atoms with E-state index in [1.54, 1.807) is 18.2 Å². The number of nitrogens with zero attached hydrogens (tertiary/aromatic N) is 2. The predicted molar refractivity (Wildman–Crippen MR) is 124 cm³/mol. The van der Waals surface area contributed by atoms with Crippen molar-refractivity contribution in [2.75, 3.05) is 11.9 Å². The van der Waals surface area contributed by atoms with Crippen LogP contribution in [0.5, 0.6) is 5.75 Å². The molecule has 32 heavy (non-hydrogen) atoms. The maximum atomic E-state index is 13.1. The van der Waals surface area contributed by atoms with Crippen LogP contribution in [0.15, 0.2) is 56.3 Å². The van der Waals surface area contributed by atoms with Crippen LogP contribution in [0.1, 0.15) is 29.8 Å². The third-order valence-electron chi connectivity index (χ3n) is 5.89. The molecule has 9 heteroatoms. The molecule has 0 bridgehead atoms. The second-order valence-electron chi connectivity index (χ2n) is 8.00. The Balaban J connectivity index is 1.41. The highest BCUT2D eigenvalue weighted by Gasteiger charge is 2.20. The van der Waals surface area contributed by atoms with E-state index in [9.17, 15) is 9.59 Å². The number of rotatable bonds is 6. The maximum Gasteiger partial charge on any atom is 0.439 e. The van der Waals surface area contributed by atoms with Crippen molar-refractivity contribution in [1.29, 1.82) is 0 Å². The van der Waals surface area contributed by atoms with Crippen LogP contribution in [-0.4, -0.2) is 27.2 Å². The highest BCUT2D eigenvalue weighted by Crippen LogP contribution is 2.31. The highest BCUT2D eigenvalue weighted by molar-refractivity contribution is 9.10. The van der Waals surface area contributed by atoms with E-state index in [1.807, 2.05) is 35.9 Å². The molecule has 0 unspecified atom stereocenters. The monoisotopic (exact) mass is 496 g/mol. The van der Waals surface area contributed by atoms with Crippen LogP contribution < -0.4 is 15.8 Å². The molecule has 1 aliphatic carbocycles. The Morgan fingerprint density at radius 2 is 2.12 bits per heavy atom. The summed E-state index contributed by atoms with van der Waals surface area (Å²) in [6.45, 7) is 0.736. The highest BCUT2D eigenvalue weighted by atomic mass is 79.9. The van der Waals surface area contributed by atoms with E-state index >= 15 is 0 Å². The smallest absolute Gasteiger partial charge is 0.439 e. The maximum absolute atomic E-state index is 13.1. The number of nitrogens with one attached hydrogen (secondary N) is 2. The van der Waals surface area contributed by atoms with Gasteiger partial charge in [0.1, 0.15) is 11.4 Å². The van der Waals surface area contributed by atoms with Crippen LogP contribution in [0.25, 0.3) is 22.3 Å². The summed E-state index contributed by atoms with van der Waals surface area (Å²) < 4.78 is 13.2. The van der Waals surface area contributed by atoms with Gasteiger partial charge in [0.25, 0.3) is 5.91 Å². The third kappa shape index (κ3) is 3.95. The van der Waals surface area contributed by atoms with E-state index in [2.05, 4.69) is 35.9 Å². The molecule has 5 rings (SSSR count). The first-order valence-electron chi connectivity index (χ1n) is 10.4. The Kier molecular flexibility index (Phi) is 5.34. The molecule has 2 heterocycles. The fraction of sp³-hybridized carbons (Fsp3) is 0.261. The van der Waals surface area contributed by atoms with Gasteiger partial charge in [0.2, 0.25) is 0 Å². The van der Waals surface area contributed by atoms with Gasteiger partial charge in [0.15, 0.2) is 5.82 Å². The number of ether oxygens (including phenoxy) is 1. The van der Waals surface area contributed by atoms with Crippen LogP contribution in [0.3, 0.4) is 0 Å². The molecule has 164 valence electrons. The lowest BCUT2D eigenvalue weighted by molar-refractivity contribution is 0.102. The van der Waals surface area contributed by atoms with Crippen LogP contribution in [0.4, 0.5) is 5.69 Å². The number of hydrogen-bond donors (Lipinski definition) is 2. The van der Waals surface area contributed by atoms with Gasteiger partial charge >= 0.3 is 5.76 Å². The topological polar surface area (TPSA) is 102 Å². The Bertz CT molecular complexity index is 1370. The van der Waals surface area contributed by atoms with Gasteiger partial charge in [-0.15, -0.1) is 0 Å². The molecule has 4 aromatic rings. The molecule has 0 atom stereocenters. The zero-order valence-corrected chi connectivity index (χ0v) is 18.9. The number of fused-ring (bicyclic) bond motifs is 1. The standard InChI is InChI=1S/C23H21BrN4O4/c1-28-19-11-16(31-12-13-3-2-4-13)7-5-14(19)9-20(28)22(29)25-18-8-6-15(24)10-17(18)21-26-23(30)32-27-21/h5-11,13H,2-4,12H2,1H3,(H,25,29)(H,26,27,30). The SMILES string of the molecule is Cn1c(C(=O)Nc2ccc(Br)cc2-c2noc(=O)[nH]2)cc2ccc(OCC3CCC3)cc21. The number of halogens is 1. The Hall–Kier alpha value is -3.33. The predicted octanol–water partition coefficient (Wildman–Crippen LogP) is 4.72. The number of aryl methyl sites for hydroxylation is 1. The molecular weight excluding hydrogens is 476 g/mol. The lowest BCUT2D eigenvalue weighted by atomic mass is 9.86. The van der Waals surface area contributed by atoms with Crippen molar-refractivity contribution >= 4 is 38.4 Å². The number of H-pyrrole nitrogens is 1. The van der Waals surface area contributed by atoms with E-state index in [-0.39, 0.29) is 11.7 Å². The van der Waals surface area contributed by atoms with Gasteiger partial charge in [-0.05, 0) is 55.2 Å². The lowest BCUT2D eigenvalue weighted by Gasteiger charge is -2.25. The first kappa shape index (κ1) is 20.6. The molecule has 0 radical (unpaired) electrons. The van der Waals surface area contributed by atoms with Crippen molar-refractivity contribution in [1.82, 2.24) is 14.7 Å². The van der Waals surface area contributed by atoms with E-state index in [0.717, 1.165) is 27.7 Å². The molecule has 1 aliphatic rings. The van der Waals surface area contributed by atoms with Crippen LogP contribution in [-0.2, 0) is 7.05 Å². The number of amides is 1. The van der Waals surface area contributed by atoms with E-state index in [1.165, 1.54) is 19.3 Å². The van der Waals surface area contributed by atoms with Gasteiger partial charge in [-0.3, -0.25) is 14.3 Å². The zero-order valence-electron chi connectivity index (χ0n) is 17.4. The second kappa shape index (κ2) is 8.31. The Labute approximate surface area is 191 Å². The summed E-state index contributed by atoms with van der Waals surface area (Å²) in [6, 6.07) is 13.0. The molecule has 2 N–H and O–H groups in total. The van der Waals surface area contributed by atoms with Gasteiger partial charge in [0.05, 0.1) is 17.8 Å². The first-order valence-corrected chi connectivity index (χ1v) is 11.2. The number of anilines is 1. The normalized spacial score (nSPS) is 13.8. The minimum Gasteiger partial charge on any atom is -0.493 e. The molecular formula is C23H21BrN4O4. The van der Waals surface area contributed by atoms with Crippen molar-refractivity contribution in [3.63, 3.8) is 0 Å². The number of carbonyl (C=O) groups is 1. The summed E-state index contributed by atoms with van der Waals surface area (Å²) in [4.78, 5) is 27.0. The molecule has 0 spiro atoms. The molecule has 1 amide bonds. The van der Waals surface area contributed by atoms with Crippen molar-refractivity contribution in [3.05, 3.63) is 63.2 Å². The minimum atomic E-state index is -0.665. The van der Waals surface area contributed by atoms with Crippen molar-refractivity contribution in [2.45, 2.75) is 19.3 Å². The number of aromatic nitrogens is 3.